The summed E-state index contributed by atoms with van der Waals surface area (Å²) in [4.78, 5) is 22.4. The molecule has 19 heavy (non-hydrogen) atoms. The number of hydrogen-bond donors (Lipinski definition) is 2. The number of benzene rings is 1. The topological polar surface area (TPSA) is 66.4 Å². The largest absolute Gasteiger partial charge is 0.481 e. The minimum Gasteiger partial charge on any atom is -0.481 e. The van der Waals surface area contributed by atoms with Gasteiger partial charge in [0, 0.05) is 12.0 Å². The van der Waals surface area contributed by atoms with Crippen LogP contribution in [0.1, 0.15) is 31.9 Å². The fourth-order valence-corrected chi connectivity index (χ4v) is 1.74. The first-order valence-corrected chi connectivity index (χ1v) is 6.32. The van der Waals surface area contributed by atoms with Gasteiger partial charge in [0.1, 0.15) is 5.92 Å². The van der Waals surface area contributed by atoms with E-state index in [1.54, 1.807) is 0 Å². The maximum atomic E-state index is 11.6. The van der Waals surface area contributed by atoms with Gasteiger partial charge in [-0.05, 0) is 19.4 Å². The standard InChI is InChI=1S/C15H21NO3/c1-10-6-5-7-12(8-10)15(3,4)9-16-13(17)11(2)14(18)19/h5-8,11H,9H2,1-4H3,(H,16,17)(H,18,19). The highest BCUT2D eigenvalue weighted by molar-refractivity contribution is 5.96. The molecule has 0 spiro atoms. The van der Waals surface area contributed by atoms with Crippen molar-refractivity contribution in [2.45, 2.75) is 33.1 Å². The Kier molecular flexibility index (Phi) is 4.70. The summed E-state index contributed by atoms with van der Waals surface area (Å²) in [6.45, 7) is 7.86. The maximum Gasteiger partial charge on any atom is 0.315 e. The molecule has 2 N–H and O–H groups in total. The van der Waals surface area contributed by atoms with Gasteiger partial charge in [-0.1, -0.05) is 43.7 Å². The number of rotatable bonds is 5. The number of aliphatic carboxylic acids is 1. The van der Waals surface area contributed by atoms with Crippen molar-refractivity contribution in [2.24, 2.45) is 5.92 Å². The van der Waals surface area contributed by atoms with E-state index >= 15 is 0 Å². The van der Waals surface area contributed by atoms with Crippen molar-refractivity contribution in [3.8, 4) is 0 Å². The Balaban J connectivity index is 2.70. The lowest BCUT2D eigenvalue weighted by Crippen LogP contribution is -2.41. The zero-order valence-electron chi connectivity index (χ0n) is 11.9. The van der Waals surface area contributed by atoms with Gasteiger partial charge in [0.05, 0.1) is 0 Å². The molecule has 1 unspecified atom stereocenters. The van der Waals surface area contributed by atoms with E-state index in [1.165, 1.54) is 6.92 Å². The number of carbonyl (C=O) groups excluding carboxylic acids is 1. The first-order chi connectivity index (χ1) is 8.74. The molecule has 0 radical (unpaired) electrons. The van der Waals surface area contributed by atoms with Gasteiger partial charge in [0.2, 0.25) is 5.91 Å². The van der Waals surface area contributed by atoms with Crippen LogP contribution in [0.15, 0.2) is 24.3 Å². The van der Waals surface area contributed by atoms with E-state index in [4.69, 9.17) is 5.11 Å². The molecule has 104 valence electrons. The number of aryl methyl sites for hydroxylation is 1. The molecule has 0 aliphatic heterocycles. The molecular weight excluding hydrogens is 242 g/mol. The summed E-state index contributed by atoms with van der Waals surface area (Å²) in [6.07, 6.45) is 0. The van der Waals surface area contributed by atoms with E-state index in [1.807, 2.05) is 39.0 Å². The fourth-order valence-electron chi connectivity index (χ4n) is 1.74. The van der Waals surface area contributed by atoms with Gasteiger partial charge in [-0.3, -0.25) is 9.59 Å². The van der Waals surface area contributed by atoms with E-state index < -0.39 is 17.8 Å². The summed E-state index contributed by atoms with van der Waals surface area (Å²) in [5.74, 6) is -2.58. The number of amides is 1. The van der Waals surface area contributed by atoms with Crippen LogP contribution in [-0.4, -0.2) is 23.5 Å². The summed E-state index contributed by atoms with van der Waals surface area (Å²) in [5.41, 5.74) is 2.05. The highest BCUT2D eigenvalue weighted by Crippen LogP contribution is 2.23. The van der Waals surface area contributed by atoms with E-state index in [0.29, 0.717) is 6.54 Å². The lowest BCUT2D eigenvalue weighted by Gasteiger charge is -2.26. The van der Waals surface area contributed by atoms with Crippen molar-refractivity contribution in [2.75, 3.05) is 6.54 Å². The maximum absolute atomic E-state index is 11.6. The van der Waals surface area contributed by atoms with Gasteiger partial charge in [-0.2, -0.15) is 0 Å². The first-order valence-electron chi connectivity index (χ1n) is 6.32. The monoisotopic (exact) mass is 263 g/mol. The van der Waals surface area contributed by atoms with Crippen LogP contribution in [0, 0.1) is 12.8 Å². The second kappa shape index (κ2) is 5.87. The van der Waals surface area contributed by atoms with Crippen molar-refractivity contribution < 1.29 is 14.7 Å². The quantitative estimate of drug-likeness (QED) is 0.800. The van der Waals surface area contributed by atoms with E-state index in [2.05, 4.69) is 11.4 Å². The van der Waals surface area contributed by atoms with Crippen LogP contribution in [0.5, 0.6) is 0 Å². The van der Waals surface area contributed by atoms with Crippen LogP contribution >= 0.6 is 0 Å². The van der Waals surface area contributed by atoms with Gasteiger partial charge in [-0.25, -0.2) is 0 Å². The highest BCUT2D eigenvalue weighted by Gasteiger charge is 2.25. The summed E-state index contributed by atoms with van der Waals surface area (Å²) in [5, 5.41) is 11.5. The molecule has 4 nitrogen and oxygen atoms in total. The summed E-state index contributed by atoms with van der Waals surface area (Å²) >= 11 is 0. The second-order valence-electron chi connectivity index (χ2n) is 5.53. The van der Waals surface area contributed by atoms with Crippen LogP contribution in [0.3, 0.4) is 0 Å². The lowest BCUT2D eigenvalue weighted by molar-refractivity contribution is -0.146. The second-order valence-corrected chi connectivity index (χ2v) is 5.53. The molecule has 0 aromatic heterocycles. The third kappa shape index (κ3) is 4.09. The summed E-state index contributed by atoms with van der Waals surface area (Å²) in [7, 11) is 0. The molecule has 1 rings (SSSR count). The number of nitrogens with one attached hydrogen (secondary N) is 1. The first kappa shape index (κ1) is 15.2. The predicted octanol–water partition coefficient (Wildman–Crippen LogP) is 2.11. The van der Waals surface area contributed by atoms with Crippen LogP contribution in [0.25, 0.3) is 0 Å². The van der Waals surface area contributed by atoms with Crippen molar-refractivity contribution in [1.82, 2.24) is 5.32 Å². The fraction of sp³-hybridized carbons (Fsp3) is 0.467. The van der Waals surface area contributed by atoms with Crippen molar-refractivity contribution in [3.05, 3.63) is 35.4 Å². The molecule has 0 saturated heterocycles. The number of carboxylic acid groups (broad SMARTS) is 1. The summed E-state index contributed by atoms with van der Waals surface area (Å²) < 4.78 is 0. The third-order valence-electron chi connectivity index (χ3n) is 3.27. The molecule has 1 amide bonds. The molecule has 1 aromatic rings. The smallest absolute Gasteiger partial charge is 0.315 e. The number of carbonyl (C=O) groups is 2. The van der Waals surface area contributed by atoms with Gasteiger partial charge in [-0.15, -0.1) is 0 Å². The van der Waals surface area contributed by atoms with Crippen molar-refractivity contribution >= 4 is 11.9 Å². The van der Waals surface area contributed by atoms with Gasteiger partial charge in [0.25, 0.3) is 0 Å². The van der Waals surface area contributed by atoms with Gasteiger partial charge in [0.15, 0.2) is 0 Å². The molecule has 1 aromatic carbocycles. The Labute approximate surface area is 113 Å². The highest BCUT2D eigenvalue weighted by atomic mass is 16.4. The minimum atomic E-state index is -1.11. The molecule has 4 heteroatoms. The van der Waals surface area contributed by atoms with Crippen LogP contribution in [-0.2, 0) is 15.0 Å². The average molecular weight is 263 g/mol. The Hall–Kier alpha value is -1.84. The zero-order chi connectivity index (χ0) is 14.6. The Morgan fingerprint density at radius 2 is 2.00 bits per heavy atom. The van der Waals surface area contributed by atoms with Crippen molar-refractivity contribution in [1.29, 1.82) is 0 Å². The Morgan fingerprint density at radius 3 is 2.53 bits per heavy atom. The van der Waals surface area contributed by atoms with Gasteiger partial charge >= 0.3 is 5.97 Å². The zero-order valence-corrected chi connectivity index (χ0v) is 11.9. The molecule has 0 bridgehead atoms. The molecule has 0 aliphatic carbocycles. The van der Waals surface area contributed by atoms with Crippen molar-refractivity contribution in [3.63, 3.8) is 0 Å². The van der Waals surface area contributed by atoms with Gasteiger partial charge < -0.3 is 10.4 Å². The van der Waals surface area contributed by atoms with E-state index in [0.717, 1.165) is 11.1 Å². The predicted molar refractivity (Wildman–Crippen MR) is 74.0 cm³/mol. The molecular formula is C15H21NO3. The average Bonchev–Trinajstić information content (AvgIpc) is 2.35. The Bertz CT molecular complexity index is 480. The lowest BCUT2D eigenvalue weighted by atomic mass is 9.84. The third-order valence-corrected chi connectivity index (χ3v) is 3.27. The minimum absolute atomic E-state index is 0.236. The molecule has 0 aliphatic rings. The van der Waals surface area contributed by atoms with Crippen LogP contribution in [0.2, 0.25) is 0 Å². The number of carboxylic acids is 1. The SMILES string of the molecule is Cc1cccc(C(C)(C)CNC(=O)C(C)C(=O)O)c1. The van der Waals surface area contributed by atoms with E-state index in [-0.39, 0.29) is 5.41 Å². The normalized spacial score (nSPS) is 12.8. The van der Waals surface area contributed by atoms with Crippen LogP contribution in [0.4, 0.5) is 0 Å². The molecule has 1 atom stereocenters. The molecule has 0 fully saturated rings. The number of hydrogen-bond acceptors (Lipinski definition) is 2. The Morgan fingerprint density at radius 1 is 1.37 bits per heavy atom. The molecule has 0 saturated carbocycles. The summed E-state index contributed by atoms with van der Waals surface area (Å²) in [6, 6.07) is 8.09. The molecule has 0 heterocycles. The van der Waals surface area contributed by atoms with E-state index in [9.17, 15) is 9.59 Å². The van der Waals surface area contributed by atoms with Crippen LogP contribution < -0.4 is 5.32 Å².